The zero-order chi connectivity index (χ0) is 21.4. The van der Waals surface area contributed by atoms with Crippen LogP contribution in [0.25, 0.3) is 0 Å². The van der Waals surface area contributed by atoms with E-state index in [-0.39, 0.29) is 5.97 Å². The van der Waals surface area contributed by atoms with Crippen molar-refractivity contribution in [3.63, 3.8) is 0 Å². The highest BCUT2D eigenvalue weighted by Crippen LogP contribution is 2.19. The van der Waals surface area contributed by atoms with Gasteiger partial charge in [0, 0.05) is 6.42 Å². The first kappa shape index (κ1) is 23.8. The minimum atomic E-state index is -0.0714. The summed E-state index contributed by atoms with van der Waals surface area (Å²) >= 11 is 0. The summed E-state index contributed by atoms with van der Waals surface area (Å²) in [6.07, 6.45) is 7.16. The van der Waals surface area contributed by atoms with E-state index >= 15 is 0 Å². The van der Waals surface area contributed by atoms with Gasteiger partial charge in [0.15, 0.2) is 0 Å². The summed E-state index contributed by atoms with van der Waals surface area (Å²) in [4.78, 5) is 11.4. The Hall–Kier alpha value is -2.49. The summed E-state index contributed by atoms with van der Waals surface area (Å²) in [5, 5.41) is 0. The smallest absolute Gasteiger partial charge is 0.306 e. The molecule has 0 heterocycles. The first-order valence-corrected chi connectivity index (χ1v) is 11.2. The number of carbonyl (C=O) groups excluding carboxylic acids is 1. The standard InChI is InChI=1S/C26H36O4/c1-22(2)20-26(27)29-19-11-6-4-3-5-10-18-28-24-14-16-25(17-15-24)30-21-23-12-8-7-9-13-23/h7-9,12-17,22H,3-6,10-11,18-21H2,1-2H3. The number of unbranched alkanes of at least 4 members (excludes halogenated alkanes) is 5. The van der Waals surface area contributed by atoms with Gasteiger partial charge in [-0.25, -0.2) is 0 Å². The fourth-order valence-electron chi connectivity index (χ4n) is 3.05. The minimum Gasteiger partial charge on any atom is -0.494 e. The van der Waals surface area contributed by atoms with Gasteiger partial charge in [-0.2, -0.15) is 0 Å². The lowest BCUT2D eigenvalue weighted by Crippen LogP contribution is -2.08. The molecule has 0 aliphatic heterocycles. The molecule has 0 unspecified atom stereocenters. The van der Waals surface area contributed by atoms with Gasteiger partial charge in [-0.1, -0.05) is 69.9 Å². The van der Waals surface area contributed by atoms with Gasteiger partial charge in [0.05, 0.1) is 13.2 Å². The molecule has 30 heavy (non-hydrogen) atoms. The summed E-state index contributed by atoms with van der Waals surface area (Å²) in [6.45, 7) is 5.92. The van der Waals surface area contributed by atoms with Crippen molar-refractivity contribution in [3.05, 3.63) is 60.2 Å². The molecule has 0 saturated carbocycles. The van der Waals surface area contributed by atoms with Gasteiger partial charge in [-0.15, -0.1) is 0 Å². The molecule has 2 rings (SSSR count). The predicted octanol–water partition coefficient (Wildman–Crippen LogP) is 6.57. The average Bonchev–Trinajstić information content (AvgIpc) is 2.74. The van der Waals surface area contributed by atoms with E-state index in [1.807, 2.05) is 56.3 Å². The molecule has 0 aliphatic rings. The Kier molecular flexibility index (Phi) is 11.5. The van der Waals surface area contributed by atoms with Crippen molar-refractivity contribution in [2.24, 2.45) is 5.92 Å². The van der Waals surface area contributed by atoms with Crippen LogP contribution in [0.2, 0.25) is 0 Å². The van der Waals surface area contributed by atoms with Gasteiger partial charge >= 0.3 is 5.97 Å². The Bertz CT molecular complexity index is 695. The maximum Gasteiger partial charge on any atom is 0.306 e. The van der Waals surface area contributed by atoms with Crippen LogP contribution in [-0.4, -0.2) is 19.2 Å². The largest absolute Gasteiger partial charge is 0.494 e. The van der Waals surface area contributed by atoms with E-state index < -0.39 is 0 Å². The number of benzene rings is 2. The highest BCUT2D eigenvalue weighted by atomic mass is 16.5. The Morgan fingerprint density at radius 1 is 0.733 bits per heavy atom. The molecule has 0 aliphatic carbocycles. The number of esters is 1. The van der Waals surface area contributed by atoms with E-state index in [4.69, 9.17) is 14.2 Å². The van der Waals surface area contributed by atoms with Crippen molar-refractivity contribution in [2.45, 2.75) is 65.4 Å². The van der Waals surface area contributed by atoms with Crippen LogP contribution >= 0.6 is 0 Å². The van der Waals surface area contributed by atoms with Crippen LogP contribution in [0.15, 0.2) is 54.6 Å². The second-order valence-electron chi connectivity index (χ2n) is 8.03. The molecule has 0 atom stereocenters. The zero-order valence-electron chi connectivity index (χ0n) is 18.5. The van der Waals surface area contributed by atoms with Gasteiger partial charge in [0.25, 0.3) is 0 Å². The van der Waals surface area contributed by atoms with Crippen LogP contribution in [0.4, 0.5) is 0 Å². The van der Waals surface area contributed by atoms with Gasteiger partial charge in [0.1, 0.15) is 18.1 Å². The van der Waals surface area contributed by atoms with E-state index in [9.17, 15) is 4.79 Å². The molecule has 4 nitrogen and oxygen atoms in total. The molecule has 0 radical (unpaired) electrons. The summed E-state index contributed by atoms with van der Waals surface area (Å²) in [5.74, 6) is 2.02. The topological polar surface area (TPSA) is 44.8 Å². The van der Waals surface area contributed by atoms with Crippen molar-refractivity contribution in [1.82, 2.24) is 0 Å². The van der Waals surface area contributed by atoms with Crippen LogP contribution in [0.1, 0.15) is 64.4 Å². The third-order valence-electron chi connectivity index (χ3n) is 4.72. The molecular formula is C26H36O4. The van der Waals surface area contributed by atoms with E-state index in [2.05, 4.69) is 12.1 Å². The molecule has 0 bridgehead atoms. The Morgan fingerprint density at radius 2 is 1.30 bits per heavy atom. The molecule has 2 aromatic carbocycles. The third-order valence-corrected chi connectivity index (χ3v) is 4.72. The normalized spacial score (nSPS) is 10.8. The van der Waals surface area contributed by atoms with Crippen LogP contribution < -0.4 is 9.47 Å². The molecule has 0 spiro atoms. The van der Waals surface area contributed by atoms with Crippen molar-refractivity contribution in [3.8, 4) is 11.5 Å². The summed E-state index contributed by atoms with van der Waals surface area (Å²) < 4.78 is 16.8. The van der Waals surface area contributed by atoms with E-state index in [1.165, 1.54) is 12.8 Å². The molecule has 0 N–H and O–H groups in total. The van der Waals surface area contributed by atoms with E-state index in [0.29, 0.717) is 25.6 Å². The highest BCUT2D eigenvalue weighted by molar-refractivity contribution is 5.69. The number of rotatable bonds is 15. The molecule has 0 aromatic heterocycles. The maximum atomic E-state index is 11.4. The van der Waals surface area contributed by atoms with Crippen LogP contribution in [-0.2, 0) is 16.1 Å². The highest BCUT2D eigenvalue weighted by Gasteiger charge is 2.05. The van der Waals surface area contributed by atoms with E-state index in [0.717, 1.165) is 49.4 Å². The van der Waals surface area contributed by atoms with Crippen molar-refractivity contribution < 1.29 is 19.0 Å². The monoisotopic (exact) mass is 412 g/mol. The molecule has 0 amide bonds. The fraction of sp³-hybridized carbons (Fsp3) is 0.500. The van der Waals surface area contributed by atoms with Gasteiger partial charge < -0.3 is 14.2 Å². The number of carbonyl (C=O) groups is 1. The lowest BCUT2D eigenvalue weighted by atomic mass is 10.1. The molecular weight excluding hydrogens is 376 g/mol. The third kappa shape index (κ3) is 10.9. The lowest BCUT2D eigenvalue weighted by molar-refractivity contribution is -0.144. The first-order chi connectivity index (χ1) is 14.6. The Morgan fingerprint density at radius 3 is 1.93 bits per heavy atom. The summed E-state index contributed by atoms with van der Waals surface area (Å²) in [5.41, 5.74) is 1.16. The number of hydrogen-bond donors (Lipinski definition) is 0. The van der Waals surface area contributed by atoms with Crippen molar-refractivity contribution in [2.75, 3.05) is 13.2 Å². The predicted molar refractivity (Wildman–Crippen MR) is 121 cm³/mol. The molecule has 4 heteroatoms. The molecule has 0 fully saturated rings. The SMILES string of the molecule is CC(C)CC(=O)OCCCCCCCCOc1ccc(OCc2ccccc2)cc1. The molecule has 164 valence electrons. The molecule has 2 aromatic rings. The minimum absolute atomic E-state index is 0.0714. The Labute approximate surface area is 181 Å². The van der Waals surface area contributed by atoms with Crippen LogP contribution in [0.3, 0.4) is 0 Å². The van der Waals surface area contributed by atoms with Crippen molar-refractivity contribution >= 4 is 5.97 Å². The molecule has 0 saturated heterocycles. The second-order valence-corrected chi connectivity index (χ2v) is 8.03. The first-order valence-electron chi connectivity index (χ1n) is 11.2. The fourth-order valence-corrected chi connectivity index (χ4v) is 3.05. The van der Waals surface area contributed by atoms with Gasteiger partial charge in [-0.3, -0.25) is 4.79 Å². The lowest BCUT2D eigenvalue weighted by Gasteiger charge is -2.09. The van der Waals surface area contributed by atoms with E-state index in [1.54, 1.807) is 0 Å². The summed E-state index contributed by atoms with van der Waals surface area (Å²) in [6, 6.07) is 18.0. The van der Waals surface area contributed by atoms with Crippen LogP contribution in [0, 0.1) is 5.92 Å². The second kappa shape index (κ2) is 14.5. The summed E-state index contributed by atoms with van der Waals surface area (Å²) in [7, 11) is 0. The Balaban J connectivity index is 1.45. The van der Waals surface area contributed by atoms with Crippen LogP contribution in [0.5, 0.6) is 11.5 Å². The quantitative estimate of drug-likeness (QED) is 0.245. The average molecular weight is 413 g/mol. The zero-order valence-corrected chi connectivity index (χ0v) is 18.5. The van der Waals surface area contributed by atoms with Crippen molar-refractivity contribution in [1.29, 1.82) is 0 Å². The van der Waals surface area contributed by atoms with Gasteiger partial charge in [-0.05, 0) is 48.6 Å². The maximum absolute atomic E-state index is 11.4. The number of ether oxygens (including phenoxy) is 3. The van der Waals surface area contributed by atoms with Gasteiger partial charge in [0.2, 0.25) is 0 Å². The number of hydrogen-bond acceptors (Lipinski definition) is 4.